The molecule has 0 atom stereocenters. The highest BCUT2D eigenvalue weighted by atomic mass is 16.5. The molecule has 0 radical (unpaired) electrons. The summed E-state index contributed by atoms with van der Waals surface area (Å²) in [4.78, 5) is 23.9. The van der Waals surface area contributed by atoms with Crippen LogP contribution < -0.4 is 4.74 Å². The molecule has 0 spiro atoms. The molecule has 0 bridgehead atoms. The van der Waals surface area contributed by atoms with E-state index in [4.69, 9.17) is 9.72 Å². The van der Waals surface area contributed by atoms with Gasteiger partial charge in [-0.25, -0.2) is 4.98 Å². The van der Waals surface area contributed by atoms with Crippen molar-refractivity contribution in [1.82, 2.24) is 19.4 Å². The molecule has 1 fully saturated rings. The average molecular weight is 441 g/mol. The predicted octanol–water partition coefficient (Wildman–Crippen LogP) is 4.70. The Morgan fingerprint density at radius 3 is 2.58 bits per heavy atom. The average Bonchev–Trinajstić information content (AvgIpc) is 3.26. The maximum absolute atomic E-state index is 12.8. The van der Waals surface area contributed by atoms with Gasteiger partial charge in [0.1, 0.15) is 11.6 Å². The van der Waals surface area contributed by atoms with Gasteiger partial charge < -0.3 is 14.2 Å². The summed E-state index contributed by atoms with van der Waals surface area (Å²) < 4.78 is 7.95. The molecule has 0 aliphatic carbocycles. The van der Waals surface area contributed by atoms with Gasteiger partial charge in [0.25, 0.3) is 5.91 Å². The standard InChI is InChI=1S/C27H28N4O2/c1-33-25-11-5-2-7-20(25)12-13-26-29-23-9-3-4-10-24(23)31(26)22-14-17-30(18-15-22)27(32)21-8-6-16-28-19-21/h2-11,16,19,22H,12-15,17-18H2,1H3. The summed E-state index contributed by atoms with van der Waals surface area (Å²) in [6.07, 6.45) is 6.87. The number of nitrogens with zero attached hydrogens (tertiary/aromatic N) is 4. The molecule has 1 aliphatic heterocycles. The lowest BCUT2D eigenvalue weighted by molar-refractivity contribution is 0.0694. The largest absolute Gasteiger partial charge is 0.496 e. The van der Waals surface area contributed by atoms with E-state index in [1.807, 2.05) is 35.2 Å². The first kappa shape index (κ1) is 21.2. The lowest BCUT2D eigenvalue weighted by Crippen LogP contribution is -2.39. The topological polar surface area (TPSA) is 60.2 Å². The number of likely N-dealkylation sites (tertiary alicyclic amines) is 1. The van der Waals surface area contributed by atoms with Gasteiger partial charge in [-0.15, -0.1) is 0 Å². The van der Waals surface area contributed by atoms with Crippen LogP contribution in [0.15, 0.2) is 73.1 Å². The van der Waals surface area contributed by atoms with Crippen LogP contribution in [-0.2, 0) is 12.8 Å². The third kappa shape index (κ3) is 4.33. The third-order valence-corrected chi connectivity index (χ3v) is 6.50. The number of amides is 1. The Labute approximate surface area is 193 Å². The second-order valence-electron chi connectivity index (χ2n) is 8.46. The number of para-hydroxylation sites is 3. The van der Waals surface area contributed by atoms with Gasteiger partial charge in [0, 0.05) is 37.9 Å². The molecule has 1 saturated heterocycles. The van der Waals surface area contributed by atoms with Crippen molar-refractivity contribution in [2.24, 2.45) is 0 Å². The fourth-order valence-electron chi connectivity index (χ4n) is 4.83. The van der Waals surface area contributed by atoms with Crippen molar-refractivity contribution < 1.29 is 9.53 Å². The van der Waals surface area contributed by atoms with Crippen LogP contribution in [0.5, 0.6) is 5.75 Å². The molecule has 5 rings (SSSR count). The highest BCUT2D eigenvalue weighted by molar-refractivity contribution is 5.93. The number of aromatic nitrogens is 3. The minimum absolute atomic E-state index is 0.0634. The van der Waals surface area contributed by atoms with Crippen LogP contribution >= 0.6 is 0 Å². The number of hydrogen-bond donors (Lipinski definition) is 0. The van der Waals surface area contributed by atoms with Crippen molar-refractivity contribution in [3.63, 3.8) is 0 Å². The SMILES string of the molecule is COc1ccccc1CCc1nc2ccccc2n1C1CCN(C(=O)c2cccnc2)CC1. The summed E-state index contributed by atoms with van der Waals surface area (Å²) in [5.74, 6) is 2.08. The molecule has 33 heavy (non-hydrogen) atoms. The van der Waals surface area contributed by atoms with Crippen molar-refractivity contribution in [1.29, 1.82) is 0 Å². The molecule has 4 aromatic rings. The Morgan fingerprint density at radius 1 is 1.00 bits per heavy atom. The number of aryl methyl sites for hydroxylation is 2. The normalized spacial score (nSPS) is 14.5. The maximum atomic E-state index is 12.8. The summed E-state index contributed by atoms with van der Waals surface area (Å²) >= 11 is 0. The number of pyridine rings is 1. The number of fused-ring (bicyclic) bond motifs is 1. The number of methoxy groups -OCH3 is 1. The Bertz CT molecular complexity index is 1240. The number of carbonyl (C=O) groups excluding carboxylic acids is 1. The molecule has 3 heterocycles. The fraction of sp³-hybridized carbons (Fsp3) is 0.296. The van der Waals surface area contributed by atoms with Gasteiger partial charge in [-0.2, -0.15) is 0 Å². The van der Waals surface area contributed by atoms with Crippen molar-refractivity contribution in [2.45, 2.75) is 31.7 Å². The van der Waals surface area contributed by atoms with Crippen molar-refractivity contribution in [3.05, 3.63) is 90.0 Å². The number of piperidine rings is 1. The summed E-state index contributed by atoms with van der Waals surface area (Å²) in [5.41, 5.74) is 4.04. The second-order valence-corrected chi connectivity index (χ2v) is 8.46. The molecule has 1 amide bonds. The molecular formula is C27H28N4O2. The van der Waals surface area contributed by atoms with Gasteiger partial charge >= 0.3 is 0 Å². The van der Waals surface area contributed by atoms with Crippen LogP contribution in [0.1, 0.15) is 40.6 Å². The Hall–Kier alpha value is -3.67. The van der Waals surface area contributed by atoms with Gasteiger partial charge in [0.05, 0.1) is 23.7 Å². The minimum atomic E-state index is 0.0634. The smallest absolute Gasteiger partial charge is 0.255 e. The monoisotopic (exact) mass is 440 g/mol. The quantitative estimate of drug-likeness (QED) is 0.436. The first-order chi connectivity index (χ1) is 16.2. The molecule has 168 valence electrons. The van der Waals surface area contributed by atoms with E-state index in [-0.39, 0.29) is 5.91 Å². The summed E-state index contributed by atoms with van der Waals surface area (Å²) in [5, 5.41) is 0. The van der Waals surface area contributed by atoms with Gasteiger partial charge in [-0.3, -0.25) is 9.78 Å². The molecule has 1 aliphatic rings. The maximum Gasteiger partial charge on any atom is 0.255 e. The summed E-state index contributed by atoms with van der Waals surface area (Å²) in [7, 11) is 1.72. The van der Waals surface area contributed by atoms with Crippen LogP contribution in [0.2, 0.25) is 0 Å². The van der Waals surface area contributed by atoms with Gasteiger partial charge in [-0.05, 0) is 55.2 Å². The summed E-state index contributed by atoms with van der Waals surface area (Å²) in [6.45, 7) is 1.47. The van der Waals surface area contributed by atoms with Crippen LogP contribution in [0.3, 0.4) is 0 Å². The zero-order valence-electron chi connectivity index (χ0n) is 18.9. The number of benzene rings is 2. The third-order valence-electron chi connectivity index (χ3n) is 6.50. The van der Waals surface area contributed by atoms with Crippen molar-refractivity contribution in [3.8, 4) is 5.75 Å². The molecule has 6 heteroatoms. The highest BCUT2D eigenvalue weighted by Crippen LogP contribution is 2.30. The predicted molar refractivity (Wildman–Crippen MR) is 129 cm³/mol. The molecular weight excluding hydrogens is 412 g/mol. The number of imidazole rings is 1. The number of hydrogen-bond acceptors (Lipinski definition) is 4. The van der Waals surface area contributed by atoms with Gasteiger partial charge in [-0.1, -0.05) is 30.3 Å². The van der Waals surface area contributed by atoms with Crippen LogP contribution in [0.4, 0.5) is 0 Å². The molecule has 2 aromatic carbocycles. The zero-order valence-corrected chi connectivity index (χ0v) is 18.9. The second kappa shape index (κ2) is 9.45. The summed E-state index contributed by atoms with van der Waals surface area (Å²) in [6, 6.07) is 20.5. The van der Waals surface area contributed by atoms with E-state index < -0.39 is 0 Å². The van der Waals surface area contributed by atoms with Crippen LogP contribution in [0.25, 0.3) is 11.0 Å². The fourth-order valence-corrected chi connectivity index (χ4v) is 4.83. The first-order valence-electron chi connectivity index (χ1n) is 11.5. The molecule has 0 N–H and O–H groups in total. The molecule has 6 nitrogen and oxygen atoms in total. The van der Waals surface area contributed by atoms with Crippen molar-refractivity contribution in [2.75, 3.05) is 20.2 Å². The zero-order chi connectivity index (χ0) is 22.6. The lowest BCUT2D eigenvalue weighted by atomic mass is 10.0. The highest BCUT2D eigenvalue weighted by Gasteiger charge is 2.27. The van der Waals surface area contributed by atoms with E-state index in [1.54, 1.807) is 19.5 Å². The number of rotatable bonds is 6. The number of carbonyl (C=O) groups is 1. The molecule has 0 saturated carbocycles. The number of ether oxygens (including phenoxy) is 1. The Kier molecular flexibility index (Phi) is 6.07. The molecule has 0 unspecified atom stereocenters. The van der Waals surface area contributed by atoms with Crippen LogP contribution in [0, 0.1) is 0 Å². The van der Waals surface area contributed by atoms with E-state index in [1.165, 1.54) is 11.1 Å². The Balaban J connectivity index is 1.36. The Morgan fingerprint density at radius 2 is 1.79 bits per heavy atom. The lowest BCUT2D eigenvalue weighted by Gasteiger charge is -2.33. The first-order valence-corrected chi connectivity index (χ1v) is 11.5. The van der Waals surface area contributed by atoms with E-state index in [9.17, 15) is 4.79 Å². The minimum Gasteiger partial charge on any atom is -0.496 e. The van der Waals surface area contributed by atoms with Gasteiger partial charge in [0.2, 0.25) is 0 Å². The van der Waals surface area contributed by atoms with Gasteiger partial charge in [0.15, 0.2) is 0 Å². The van der Waals surface area contributed by atoms with Crippen LogP contribution in [-0.4, -0.2) is 45.5 Å². The van der Waals surface area contributed by atoms with Crippen molar-refractivity contribution >= 4 is 16.9 Å². The van der Waals surface area contributed by atoms with E-state index in [2.05, 4.69) is 39.9 Å². The molecule has 2 aromatic heterocycles. The van der Waals surface area contributed by atoms with E-state index in [0.29, 0.717) is 11.6 Å². The van der Waals surface area contributed by atoms with E-state index in [0.717, 1.165) is 55.9 Å². The van der Waals surface area contributed by atoms with E-state index >= 15 is 0 Å².